The van der Waals surface area contributed by atoms with Gasteiger partial charge in [0, 0.05) is 19.3 Å². The van der Waals surface area contributed by atoms with Crippen LogP contribution >= 0.6 is 0 Å². The van der Waals surface area contributed by atoms with E-state index in [9.17, 15) is 14.4 Å². The Labute approximate surface area is 501 Å². The van der Waals surface area contributed by atoms with Crippen molar-refractivity contribution < 1.29 is 28.6 Å². The van der Waals surface area contributed by atoms with E-state index in [1.807, 2.05) is 0 Å². The van der Waals surface area contributed by atoms with E-state index in [-0.39, 0.29) is 31.1 Å². The maximum atomic E-state index is 12.9. The Balaban J connectivity index is 4.23. The van der Waals surface area contributed by atoms with Gasteiger partial charge in [-0.2, -0.15) is 0 Å². The smallest absolute Gasteiger partial charge is 0.306 e. The standard InChI is InChI=1S/C75H128O6/c1-4-7-10-13-16-19-22-25-27-29-30-31-32-33-34-35-36-37-38-39-40-41-42-43-44-45-46-47-49-50-53-56-59-62-65-68-74(77)80-71-72(70-79-73(76)67-64-61-58-55-52-24-21-18-15-12-9-6-3)81-75(78)69-66-63-60-57-54-51-48-28-26-23-20-17-14-11-8-5-2/h7,10,16,19,25,27,30-31,33-34,36-37,39-40,42-43,45-46,72H,4-6,8-9,11-15,17-18,20-24,26,28-29,32,35,38,41,44,47-71H2,1-3H3/b10-7-,19-16-,27-25-,31-30-,34-33-,37-36-,40-39-,43-42-,46-45-. The Morgan fingerprint density at radius 2 is 0.481 bits per heavy atom. The van der Waals surface area contributed by atoms with Crippen LogP contribution in [-0.4, -0.2) is 37.2 Å². The molecule has 1 unspecified atom stereocenters. The predicted octanol–water partition coefficient (Wildman–Crippen LogP) is 23.8. The van der Waals surface area contributed by atoms with E-state index in [1.54, 1.807) is 0 Å². The van der Waals surface area contributed by atoms with E-state index in [1.165, 1.54) is 167 Å². The lowest BCUT2D eigenvalue weighted by Gasteiger charge is -2.18. The molecule has 0 aliphatic rings. The molecule has 0 bridgehead atoms. The summed E-state index contributed by atoms with van der Waals surface area (Å²) in [4.78, 5) is 38.3. The maximum absolute atomic E-state index is 12.9. The summed E-state index contributed by atoms with van der Waals surface area (Å²) in [5, 5.41) is 0. The summed E-state index contributed by atoms with van der Waals surface area (Å²) in [6.45, 7) is 6.55. The van der Waals surface area contributed by atoms with Crippen LogP contribution in [0.4, 0.5) is 0 Å². The summed E-state index contributed by atoms with van der Waals surface area (Å²) >= 11 is 0. The molecule has 0 saturated heterocycles. The number of unbranched alkanes of at least 4 members (excludes halogenated alkanes) is 33. The van der Waals surface area contributed by atoms with Crippen LogP contribution in [0.25, 0.3) is 0 Å². The van der Waals surface area contributed by atoms with Gasteiger partial charge < -0.3 is 14.2 Å². The van der Waals surface area contributed by atoms with Crippen LogP contribution in [0.1, 0.15) is 329 Å². The van der Waals surface area contributed by atoms with Gasteiger partial charge in [-0.25, -0.2) is 0 Å². The molecule has 6 heteroatoms. The number of hydrogen-bond acceptors (Lipinski definition) is 6. The number of hydrogen-bond donors (Lipinski definition) is 0. The highest BCUT2D eigenvalue weighted by Gasteiger charge is 2.19. The van der Waals surface area contributed by atoms with Gasteiger partial charge in [0.25, 0.3) is 0 Å². The lowest BCUT2D eigenvalue weighted by Crippen LogP contribution is -2.30. The van der Waals surface area contributed by atoms with Crippen molar-refractivity contribution in [1.29, 1.82) is 0 Å². The Hall–Kier alpha value is -3.93. The predicted molar refractivity (Wildman–Crippen MR) is 353 cm³/mol. The summed E-state index contributed by atoms with van der Waals surface area (Å²) in [5.74, 6) is -0.874. The van der Waals surface area contributed by atoms with Crippen molar-refractivity contribution in [1.82, 2.24) is 0 Å². The Kier molecular flexibility index (Phi) is 65.2. The SMILES string of the molecule is CC/C=C\C/C=C\C/C=C\C/C=C\C/C=C\C/C=C\C/C=C\C/C=C\C/C=C\CCCCCCCCCC(=O)OCC(COC(=O)CCCCCCCCCCCCCC)OC(=O)CCCCCCCCCCCCCCCCCC. The number of allylic oxidation sites excluding steroid dienone is 18. The molecule has 0 aliphatic heterocycles. The van der Waals surface area contributed by atoms with Gasteiger partial charge in [0.2, 0.25) is 0 Å². The molecule has 0 aromatic heterocycles. The van der Waals surface area contributed by atoms with Crippen molar-refractivity contribution in [2.45, 2.75) is 335 Å². The molecular weight excluding hydrogens is 997 g/mol. The third-order valence-corrected chi connectivity index (χ3v) is 14.8. The molecule has 0 radical (unpaired) electrons. The molecular formula is C75H128O6. The minimum Gasteiger partial charge on any atom is -0.462 e. The van der Waals surface area contributed by atoms with E-state index >= 15 is 0 Å². The summed E-state index contributed by atoms with van der Waals surface area (Å²) in [7, 11) is 0. The minimum atomic E-state index is -0.780. The molecule has 0 aliphatic carbocycles. The molecule has 0 heterocycles. The summed E-state index contributed by atoms with van der Waals surface area (Å²) in [5.41, 5.74) is 0. The monoisotopic (exact) mass is 1120 g/mol. The van der Waals surface area contributed by atoms with Crippen LogP contribution in [0.15, 0.2) is 109 Å². The molecule has 6 nitrogen and oxygen atoms in total. The van der Waals surface area contributed by atoms with Crippen LogP contribution < -0.4 is 0 Å². The van der Waals surface area contributed by atoms with Crippen LogP contribution in [0.2, 0.25) is 0 Å². The van der Waals surface area contributed by atoms with Gasteiger partial charge in [-0.15, -0.1) is 0 Å². The van der Waals surface area contributed by atoms with Crippen LogP contribution in [0, 0.1) is 0 Å². The van der Waals surface area contributed by atoms with Crippen molar-refractivity contribution in [3.05, 3.63) is 109 Å². The first-order valence-electron chi connectivity index (χ1n) is 34.4. The van der Waals surface area contributed by atoms with E-state index in [2.05, 4.69) is 130 Å². The number of ether oxygens (including phenoxy) is 3. The van der Waals surface area contributed by atoms with E-state index < -0.39 is 6.10 Å². The Bertz CT molecular complexity index is 1620. The maximum Gasteiger partial charge on any atom is 0.306 e. The number of rotatable bonds is 62. The van der Waals surface area contributed by atoms with E-state index in [0.29, 0.717) is 19.3 Å². The quantitative estimate of drug-likeness (QED) is 0.0261. The molecule has 0 aromatic carbocycles. The first kappa shape index (κ1) is 77.1. The molecule has 81 heavy (non-hydrogen) atoms. The van der Waals surface area contributed by atoms with Gasteiger partial charge in [-0.3, -0.25) is 14.4 Å². The average Bonchev–Trinajstić information content (AvgIpc) is 3.47. The number of esters is 3. The molecule has 0 rings (SSSR count). The molecule has 0 saturated carbocycles. The third-order valence-electron chi connectivity index (χ3n) is 14.8. The van der Waals surface area contributed by atoms with Crippen molar-refractivity contribution in [2.75, 3.05) is 13.2 Å². The molecule has 1 atom stereocenters. The minimum absolute atomic E-state index is 0.0764. The second kappa shape index (κ2) is 68.6. The van der Waals surface area contributed by atoms with Crippen LogP contribution in [0.5, 0.6) is 0 Å². The van der Waals surface area contributed by atoms with Crippen molar-refractivity contribution in [3.63, 3.8) is 0 Å². The third kappa shape index (κ3) is 66.8. The second-order valence-electron chi connectivity index (χ2n) is 22.7. The zero-order chi connectivity index (χ0) is 58.5. The Morgan fingerprint density at radius 1 is 0.259 bits per heavy atom. The first-order valence-corrected chi connectivity index (χ1v) is 34.4. The molecule has 0 amide bonds. The molecule has 0 fully saturated rings. The van der Waals surface area contributed by atoms with Gasteiger partial charge in [0.05, 0.1) is 0 Å². The number of carbonyl (C=O) groups excluding carboxylic acids is 3. The van der Waals surface area contributed by atoms with Crippen molar-refractivity contribution in [2.24, 2.45) is 0 Å². The van der Waals surface area contributed by atoms with Gasteiger partial charge in [-0.1, -0.05) is 329 Å². The molecule has 0 spiro atoms. The fourth-order valence-electron chi connectivity index (χ4n) is 9.67. The van der Waals surface area contributed by atoms with Crippen LogP contribution in [0.3, 0.4) is 0 Å². The van der Waals surface area contributed by atoms with Crippen molar-refractivity contribution >= 4 is 17.9 Å². The largest absolute Gasteiger partial charge is 0.462 e. The van der Waals surface area contributed by atoms with Gasteiger partial charge >= 0.3 is 17.9 Å². The Morgan fingerprint density at radius 3 is 0.753 bits per heavy atom. The lowest BCUT2D eigenvalue weighted by atomic mass is 10.0. The highest BCUT2D eigenvalue weighted by atomic mass is 16.6. The van der Waals surface area contributed by atoms with Crippen molar-refractivity contribution in [3.8, 4) is 0 Å². The highest BCUT2D eigenvalue weighted by molar-refractivity contribution is 5.71. The highest BCUT2D eigenvalue weighted by Crippen LogP contribution is 2.17. The zero-order valence-corrected chi connectivity index (χ0v) is 53.3. The fourth-order valence-corrected chi connectivity index (χ4v) is 9.67. The zero-order valence-electron chi connectivity index (χ0n) is 53.3. The van der Waals surface area contributed by atoms with E-state index in [0.717, 1.165) is 122 Å². The summed E-state index contributed by atoms with van der Waals surface area (Å²) < 4.78 is 16.9. The van der Waals surface area contributed by atoms with Gasteiger partial charge in [0.15, 0.2) is 6.10 Å². The lowest BCUT2D eigenvalue weighted by molar-refractivity contribution is -0.167. The molecule has 0 N–H and O–H groups in total. The molecule has 464 valence electrons. The van der Waals surface area contributed by atoms with Gasteiger partial charge in [0.1, 0.15) is 13.2 Å². The normalized spacial score (nSPS) is 12.8. The van der Waals surface area contributed by atoms with E-state index in [4.69, 9.17) is 14.2 Å². The summed E-state index contributed by atoms with van der Waals surface area (Å²) in [6.07, 6.45) is 93.9. The average molecular weight is 1130 g/mol. The first-order chi connectivity index (χ1) is 40.0. The fraction of sp³-hybridized carbons (Fsp3) is 0.720. The molecule has 0 aromatic rings. The topological polar surface area (TPSA) is 78.9 Å². The number of carbonyl (C=O) groups is 3. The second-order valence-corrected chi connectivity index (χ2v) is 22.7. The van der Waals surface area contributed by atoms with Crippen LogP contribution in [-0.2, 0) is 28.6 Å². The van der Waals surface area contributed by atoms with Gasteiger partial charge in [-0.05, 0) is 89.9 Å². The summed E-state index contributed by atoms with van der Waals surface area (Å²) in [6, 6.07) is 0.